The summed E-state index contributed by atoms with van der Waals surface area (Å²) in [5.74, 6) is -2.01. The van der Waals surface area contributed by atoms with Crippen molar-refractivity contribution in [1.82, 2.24) is 25.6 Å². The second-order valence-electron chi connectivity index (χ2n) is 12.4. The van der Waals surface area contributed by atoms with Crippen molar-refractivity contribution in [3.8, 4) is 5.75 Å². The van der Waals surface area contributed by atoms with Crippen LogP contribution in [0.4, 0.5) is 9.59 Å². The van der Waals surface area contributed by atoms with E-state index in [1.807, 2.05) is 38.1 Å². The van der Waals surface area contributed by atoms with E-state index in [2.05, 4.69) is 15.7 Å². The first-order chi connectivity index (χ1) is 24.1. The lowest BCUT2D eigenvalue weighted by molar-refractivity contribution is -0.132. The van der Waals surface area contributed by atoms with Crippen molar-refractivity contribution < 1.29 is 38.2 Å². The van der Waals surface area contributed by atoms with Crippen LogP contribution in [0.15, 0.2) is 84.9 Å². The van der Waals surface area contributed by atoms with Crippen molar-refractivity contribution >= 4 is 40.8 Å². The largest absolute Gasteiger partial charge is 0.496 e. The predicted molar refractivity (Wildman–Crippen MR) is 183 cm³/mol. The Morgan fingerprint density at radius 3 is 2.22 bits per heavy atom. The first-order valence-electron chi connectivity index (χ1n) is 16.4. The topological polar surface area (TPSA) is 159 Å². The van der Waals surface area contributed by atoms with Gasteiger partial charge >= 0.3 is 12.2 Å². The minimum atomic E-state index is -1.05. The molecule has 3 aromatic carbocycles. The molecule has 3 N–H and O–H groups in total. The van der Waals surface area contributed by atoms with Crippen LogP contribution in [0.2, 0.25) is 0 Å². The number of aromatic amines is 1. The SMILES string of the molecule is COc1cccc2[nH]c(C(=O)N[C@@H](CC(C)C)C(=O)NN(C[C@@H]3CCN(C(=O)OCc4ccccc4)C3=O)C(=O)OCc3ccccc3)cc12. The molecule has 0 aliphatic carbocycles. The number of rotatable bonds is 12. The molecule has 1 aliphatic rings. The summed E-state index contributed by atoms with van der Waals surface area (Å²) in [6.45, 7) is 3.52. The number of imide groups is 1. The smallest absolute Gasteiger partial charge is 0.429 e. The lowest BCUT2D eigenvalue weighted by Gasteiger charge is -2.28. The van der Waals surface area contributed by atoms with E-state index in [4.69, 9.17) is 14.2 Å². The number of methoxy groups -OCH3 is 1. The summed E-state index contributed by atoms with van der Waals surface area (Å²) >= 11 is 0. The molecule has 0 bridgehead atoms. The Morgan fingerprint density at radius 1 is 0.920 bits per heavy atom. The number of carbonyl (C=O) groups excluding carboxylic acids is 5. The van der Waals surface area contributed by atoms with Crippen LogP contribution >= 0.6 is 0 Å². The molecule has 0 radical (unpaired) electrons. The molecule has 1 fully saturated rings. The number of amides is 5. The Morgan fingerprint density at radius 2 is 1.58 bits per heavy atom. The van der Waals surface area contributed by atoms with Crippen LogP contribution in [0.25, 0.3) is 10.9 Å². The van der Waals surface area contributed by atoms with Crippen molar-refractivity contribution in [3.63, 3.8) is 0 Å². The summed E-state index contributed by atoms with van der Waals surface area (Å²) in [7, 11) is 1.54. The summed E-state index contributed by atoms with van der Waals surface area (Å²) < 4.78 is 16.3. The fraction of sp³-hybridized carbons (Fsp3) is 0.324. The Kier molecular flexibility index (Phi) is 11.7. The van der Waals surface area contributed by atoms with Gasteiger partial charge in [0.05, 0.1) is 19.6 Å². The number of hydrogen-bond donors (Lipinski definition) is 3. The van der Waals surface area contributed by atoms with Crippen molar-refractivity contribution in [2.24, 2.45) is 11.8 Å². The fourth-order valence-corrected chi connectivity index (χ4v) is 5.65. The molecule has 13 nitrogen and oxygen atoms in total. The van der Waals surface area contributed by atoms with Gasteiger partial charge in [-0.3, -0.25) is 19.8 Å². The molecule has 1 saturated heterocycles. The van der Waals surface area contributed by atoms with Gasteiger partial charge in [-0.1, -0.05) is 80.6 Å². The van der Waals surface area contributed by atoms with Crippen molar-refractivity contribution in [1.29, 1.82) is 0 Å². The molecule has 2 heterocycles. The number of H-pyrrole nitrogens is 1. The van der Waals surface area contributed by atoms with Crippen LogP contribution in [0.3, 0.4) is 0 Å². The summed E-state index contributed by atoms with van der Waals surface area (Å²) in [5.41, 5.74) is 4.98. The molecule has 1 aliphatic heterocycles. The van der Waals surface area contributed by atoms with Crippen LogP contribution in [0.5, 0.6) is 5.75 Å². The van der Waals surface area contributed by atoms with E-state index in [1.165, 1.54) is 7.11 Å². The summed E-state index contributed by atoms with van der Waals surface area (Å²) in [6.07, 6.45) is -1.22. The Labute approximate surface area is 289 Å². The molecule has 50 heavy (non-hydrogen) atoms. The highest BCUT2D eigenvalue weighted by molar-refractivity contribution is 6.01. The van der Waals surface area contributed by atoms with Crippen molar-refractivity contribution in [2.75, 3.05) is 20.2 Å². The van der Waals surface area contributed by atoms with Gasteiger partial charge in [-0.25, -0.2) is 19.5 Å². The third-order valence-corrected chi connectivity index (χ3v) is 8.23. The van der Waals surface area contributed by atoms with Gasteiger partial charge < -0.3 is 24.5 Å². The van der Waals surface area contributed by atoms with Gasteiger partial charge in [0.2, 0.25) is 5.91 Å². The van der Waals surface area contributed by atoms with E-state index in [-0.39, 0.29) is 50.8 Å². The molecule has 2 atom stereocenters. The van der Waals surface area contributed by atoms with Crippen molar-refractivity contribution in [3.05, 3.63) is 102 Å². The van der Waals surface area contributed by atoms with Gasteiger partial charge in [0, 0.05) is 17.4 Å². The normalized spacial score (nSPS) is 14.7. The number of hydrazine groups is 1. The van der Waals surface area contributed by atoms with Crippen LogP contribution in [-0.4, -0.2) is 71.0 Å². The van der Waals surface area contributed by atoms with Gasteiger partial charge in [-0.2, -0.15) is 0 Å². The first kappa shape index (κ1) is 35.5. The number of ether oxygens (including phenoxy) is 3. The number of nitrogens with one attached hydrogen (secondary N) is 3. The van der Waals surface area contributed by atoms with Gasteiger partial charge in [-0.15, -0.1) is 0 Å². The minimum absolute atomic E-state index is 0.00285. The summed E-state index contributed by atoms with van der Waals surface area (Å²) in [4.78, 5) is 70.8. The van der Waals surface area contributed by atoms with Crippen LogP contribution in [0, 0.1) is 11.8 Å². The van der Waals surface area contributed by atoms with Gasteiger partial charge in [0.25, 0.3) is 11.8 Å². The average molecular weight is 684 g/mol. The zero-order valence-corrected chi connectivity index (χ0v) is 28.2. The van der Waals surface area contributed by atoms with Crippen LogP contribution in [0.1, 0.15) is 48.3 Å². The molecular weight excluding hydrogens is 642 g/mol. The number of fused-ring (bicyclic) bond motifs is 1. The maximum Gasteiger partial charge on any atom is 0.429 e. The predicted octanol–water partition coefficient (Wildman–Crippen LogP) is 5.18. The molecule has 0 spiro atoms. The number of hydrogen-bond acceptors (Lipinski definition) is 8. The van der Waals surface area contributed by atoms with E-state index >= 15 is 0 Å². The zero-order chi connectivity index (χ0) is 35.6. The zero-order valence-electron chi connectivity index (χ0n) is 28.2. The standard InChI is InChI=1S/C37H41N5O8/c1-24(2)19-30(39-33(43)31-20-28-29(38-31)15-10-16-32(28)48-3)34(44)40-42(37(47)50-23-26-13-8-5-9-14-26)21-27-17-18-41(35(27)45)36(46)49-22-25-11-6-4-7-12-25/h4-16,20,24,27,30,38H,17-19,21-23H2,1-3H3,(H,39,43)(H,40,44)/t27-,30-/m0/s1. The highest BCUT2D eigenvalue weighted by Gasteiger charge is 2.39. The molecule has 4 aromatic rings. The van der Waals surface area contributed by atoms with E-state index in [9.17, 15) is 24.0 Å². The molecule has 0 saturated carbocycles. The van der Waals surface area contributed by atoms with E-state index < -0.39 is 41.9 Å². The van der Waals surface area contributed by atoms with E-state index in [0.29, 0.717) is 16.7 Å². The highest BCUT2D eigenvalue weighted by Crippen LogP contribution is 2.26. The Balaban J connectivity index is 1.29. The molecule has 0 unspecified atom stereocenters. The number of likely N-dealkylation sites (tertiary alicyclic amines) is 1. The molecule has 1 aromatic heterocycles. The maximum atomic E-state index is 13.8. The number of carbonyl (C=O) groups is 5. The second-order valence-corrected chi connectivity index (χ2v) is 12.4. The van der Waals surface area contributed by atoms with Gasteiger partial charge in [0.15, 0.2) is 0 Å². The average Bonchev–Trinajstić information content (AvgIpc) is 3.73. The quantitative estimate of drug-likeness (QED) is 0.172. The third-order valence-electron chi connectivity index (χ3n) is 8.23. The third kappa shape index (κ3) is 8.98. The van der Waals surface area contributed by atoms with Gasteiger partial charge in [0.1, 0.15) is 30.7 Å². The Bertz CT molecular complexity index is 1810. The number of aromatic nitrogens is 1. The number of nitrogens with zero attached hydrogens (tertiary/aromatic N) is 2. The van der Waals surface area contributed by atoms with E-state index in [1.54, 1.807) is 60.7 Å². The molecule has 5 amide bonds. The number of benzene rings is 3. The lowest BCUT2D eigenvalue weighted by Crippen LogP contribution is -2.56. The van der Waals surface area contributed by atoms with Crippen LogP contribution in [-0.2, 0) is 32.3 Å². The highest BCUT2D eigenvalue weighted by atomic mass is 16.6. The monoisotopic (exact) mass is 683 g/mol. The first-order valence-corrected chi connectivity index (χ1v) is 16.4. The van der Waals surface area contributed by atoms with E-state index in [0.717, 1.165) is 21.0 Å². The van der Waals surface area contributed by atoms with Crippen molar-refractivity contribution in [2.45, 2.75) is 45.9 Å². The summed E-state index contributed by atoms with van der Waals surface area (Å²) in [6, 6.07) is 24.0. The molecular formula is C37H41N5O8. The summed E-state index contributed by atoms with van der Waals surface area (Å²) in [5, 5.41) is 4.41. The molecule has 262 valence electrons. The van der Waals surface area contributed by atoms with Gasteiger partial charge in [-0.05, 0) is 48.1 Å². The maximum absolute atomic E-state index is 13.8. The fourth-order valence-electron chi connectivity index (χ4n) is 5.65. The second kappa shape index (κ2) is 16.5. The minimum Gasteiger partial charge on any atom is -0.496 e. The van der Waals surface area contributed by atoms with Crippen LogP contribution < -0.4 is 15.5 Å². The molecule has 13 heteroatoms. The Hall–Kier alpha value is -5.85. The molecule has 5 rings (SSSR count). The lowest BCUT2D eigenvalue weighted by atomic mass is 10.0.